The second-order valence-electron chi connectivity index (χ2n) is 5.21. The average molecular weight is 235 g/mol. The average Bonchev–Trinajstić information content (AvgIpc) is 2.52. The molecule has 1 aliphatic heterocycles. The van der Waals surface area contributed by atoms with Crippen LogP contribution in [0.25, 0.3) is 0 Å². The number of amides is 1. The number of carbonyl (C=O) groups is 1. The Morgan fingerprint density at radius 1 is 1.29 bits per heavy atom. The molecule has 0 spiro atoms. The van der Waals surface area contributed by atoms with Crippen molar-refractivity contribution in [3.8, 4) is 0 Å². The molecule has 17 heavy (non-hydrogen) atoms. The number of aryl methyl sites for hydroxylation is 2. The molecule has 0 N–H and O–H groups in total. The van der Waals surface area contributed by atoms with E-state index >= 15 is 0 Å². The highest BCUT2D eigenvalue weighted by Gasteiger charge is 2.26. The third-order valence-corrected chi connectivity index (χ3v) is 3.72. The van der Waals surface area contributed by atoms with Gasteiger partial charge in [0.1, 0.15) is 11.5 Å². The zero-order valence-corrected chi connectivity index (χ0v) is 11.2. The molecular formula is C14H21NO2. The van der Waals surface area contributed by atoms with Gasteiger partial charge in [0.15, 0.2) is 0 Å². The number of rotatable bonds is 1. The number of furan rings is 1. The molecule has 1 unspecified atom stereocenters. The van der Waals surface area contributed by atoms with Crippen molar-refractivity contribution >= 4 is 5.91 Å². The van der Waals surface area contributed by atoms with Gasteiger partial charge in [0, 0.05) is 18.7 Å². The Kier molecular flexibility index (Phi) is 3.27. The zero-order valence-electron chi connectivity index (χ0n) is 11.2. The van der Waals surface area contributed by atoms with Crippen LogP contribution in [0, 0.1) is 26.7 Å². The highest BCUT2D eigenvalue weighted by molar-refractivity contribution is 5.96. The molecule has 0 aromatic carbocycles. The number of nitrogens with zero attached hydrogens (tertiary/aromatic N) is 1. The highest BCUT2D eigenvalue weighted by atomic mass is 16.3. The first-order valence-electron chi connectivity index (χ1n) is 6.36. The van der Waals surface area contributed by atoms with E-state index < -0.39 is 0 Å². The molecule has 0 aliphatic carbocycles. The number of carbonyl (C=O) groups excluding carboxylic acids is 1. The summed E-state index contributed by atoms with van der Waals surface area (Å²) in [5.41, 5.74) is 1.77. The third kappa shape index (κ3) is 2.24. The summed E-state index contributed by atoms with van der Waals surface area (Å²) >= 11 is 0. The fraction of sp³-hybridized carbons (Fsp3) is 0.643. The summed E-state index contributed by atoms with van der Waals surface area (Å²) in [5, 5.41) is 0. The van der Waals surface area contributed by atoms with E-state index in [1.165, 1.54) is 6.42 Å². The van der Waals surface area contributed by atoms with Gasteiger partial charge in [-0.25, -0.2) is 0 Å². The minimum absolute atomic E-state index is 0.142. The van der Waals surface area contributed by atoms with E-state index in [-0.39, 0.29) is 5.91 Å². The molecule has 2 heterocycles. The van der Waals surface area contributed by atoms with Gasteiger partial charge in [-0.05, 0) is 39.5 Å². The minimum Gasteiger partial charge on any atom is -0.466 e. The van der Waals surface area contributed by atoms with Gasteiger partial charge >= 0.3 is 0 Å². The van der Waals surface area contributed by atoms with E-state index in [2.05, 4.69) is 6.92 Å². The van der Waals surface area contributed by atoms with Crippen LogP contribution in [0.4, 0.5) is 0 Å². The van der Waals surface area contributed by atoms with Crippen LogP contribution in [-0.2, 0) is 0 Å². The molecule has 1 aliphatic rings. The predicted octanol–water partition coefficient (Wildman–Crippen LogP) is 3.08. The predicted molar refractivity (Wildman–Crippen MR) is 67.2 cm³/mol. The summed E-state index contributed by atoms with van der Waals surface area (Å²) in [5.74, 6) is 2.36. The topological polar surface area (TPSA) is 33.5 Å². The van der Waals surface area contributed by atoms with E-state index in [9.17, 15) is 4.79 Å². The summed E-state index contributed by atoms with van der Waals surface area (Å²) in [6.07, 6.45) is 2.34. The van der Waals surface area contributed by atoms with Crippen LogP contribution in [0.3, 0.4) is 0 Å². The van der Waals surface area contributed by atoms with Crippen molar-refractivity contribution in [2.75, 3.05) is 13.1 Å². The summed E-state index contributed by atoms with van der Waals surface area (Å²) in [6, 6.07) is 0. The monoisotopic (exact) mass is 235 g/mol. The van der Waals surface area contributed by atoms with Gasteiger partial charge in [0.2, 0.25) is 0 Å². The quantitative estimate of drug-likeness (QED) is 0.749. The molecule has 1 fully saturated rings. The highest BCUT2D eigenvalue weighted by Crippen LogP contribution is 2.24. The fourth-order valence-electron chi connectivity index (χ4n) is 2.64. The number of hydrogen-bond donors (Lipinski definition) is 0. The molecular weight excluding hydrogens is 214 g/mol. The van der Waals surface area contributed by atoms with Crippen LogP contribution in [0.15, 0.2) is 4.42 Å². The van der Waals surface area contributed by atoms with Crippen LogP contribution in [0.5, 0.6) is 0 Å². The fourth-order valence-corrected chi connectivity index (χ4v) is 2.64. The normalized spacial score (nSPS) is 20.7. The summed E-state index contributed by atoms with van der Waals surface area (Å²) < 4.78 is 5.54. The SMILES string of the molecule is Cc1oc(C)c(C(=O)N2CCCC(C)C2)c1C. The molecule has 1 atom stereocenters. The smallest absolute Gasteiger partial charge is 0.257 e. The van der Waals surface area contributed by atoms with Gasteiger partial charge in [-0.2, -0.15) is 0 Å². The first kappa shape index (κ1) is 12.2. The zero-order chi connectivity index (χ0) is 12.6. The van der Waals surface area contributed by atoms with E-state index in [4.69, 9.17) is 4.42 Å². The van der Waals surface area contributed by atoms with Gasteiger partial charge in [-0.15, -0.1) is 0 Å². The van der Waals surface area contributed by atoms with Crippen LogP contribution in [0.2, 0.25) is 0 Å². The van der Waals surface area contributed by atoms with Crippen molar-refractivity contribution in [3.05, 3.63) is 22.6 Å². The molecule has 0 saturated carbocycles. The van der Waals surface area contributed by atoms with Gasteiger partial charge < -0.3 is 9.32 Å². The Balaban J connectivity index is 2.24. The molecule has 1 amide bonds. The molecule has 1 aromatic rings. The summed E-state index contributed by atoms with van der Waals surface area (Å²) in [4.78, 5) is 14.4. The van der Waals surface area contributed by atoms with E-state index in [1.807, 2.05) is 25.7 Å². The van der Waals surface area contributed by atoms with Crippen LogP contribution >= 0.6 is 0 Å². The molecule has 0 radical (unpaired) electrons. The van der Waals surface area contributed by atoms with Crippen molar-refractivity contribution in [2.24, 2.45) is 5.92 Å². The maximum Gasteiger partial charge on any atom is 0.257 e. The van der Waals surface area contributed by atoms with Crippen molar-refractivity contribution in [1.82, 2.24) is 4.90 Å². The van der Waals surface area contributed by atoms with Gasteiger partial charge in [0.05, 0.1) is 5.56 Å². The Hall–Kier alpha value is -1.25. The van der Waals surface area contributed by atoms with Crippen LogP contribution in [0.1, 0.15) is 47.2 Å². The first-order valence-corrected chi connectivity index (χ1v) is 6.36. The molecule has 1 aromatic heterocycles. The maximum absolute atomic E-state index is 12.5. The van der Waals surface area contributed by atoms with E-state index in [0.29, 0.717) is 5.92 Å². The van der Waals surface area contributed by atoms with Crippen molar-refractivity contribution < 1.29 is 9.21 Å². The molecule has 3 heteroatoms. The Labute approximate surface area is 103 Å². The Morgan fingerprint density at radius 3 is 2.53 bits per heavy atom. The largest absolute Gasteiger partial charge is 0.466 e. The van der Waals surface area contributed by atoms with Gasteiger partial charge in [-0.1, -0.05) is 6.92 Å². The number of likely N-dealkylation sites (tertiary alicyclic amines) is 1. The lowest BCUT2D eigenvalue weighted by Crippen LogP contribution is -2.39. The summed E-state index contributed by atoms with van der Waals surface area (Å²) in [6.45, 7) is 9.72. The van der Waals surface area contributed by atoms with E-state index in [1.54, 1.807) is 0 Å². The lowest BCUT2D eigenvalue weighted by atomic mass is 9.99. The lowest BCUT2D eigenvalue weighted by molar-refractivity contribution is 0.0680. The number of hydrogen-bond acceptors (Lipinski definition) is 2. The third-order valence-electron chi connectivity index (χ3n) is 3.72. The minimum atomic E-state index is 0.142. The van der Waals surface area contributed by atoms with Crippen LogP contribution < -0.4 is 0 Å². The van der Waals surface area contributed by atoms with Crippen molar-refractivity contribution in [1.29, 1.82) is 0 Å². The number of piperidine rings is 1. The lowest BCUT2D eigenvalue weighted by Gasteiger charge is -2.31. The van der Waals surface area contributed by atoms with Gasteiger partial charge in [0.25, 0.3) is 5.91 Å². The van der Waals surface area contributed by atoms with Crippen molar-refractivity contribution in [2.45, 2.75) is 40.5 Å². The van der Waals surface area contributed by atoms with Crippen molar-refractivity contribution in [3.63, 3.8) is 0 Å². The standard InChI is InChI=1S/C14H21NO2/c1-9-6-5-7-15(8-9)14(16)13-10(2)11(3)17-12(13)4/h9H,5-8H2,1-4H3. The maximum atomic E-state index is 12.5. The first-order chi connectivity index (χ1) is 8.00. The second-order valence-corrected chi connectivity index (χ2v) is 5.21. The molecule has 94 valence electrons. The Bertz CT molecular complexity index is 434. The van der Waals surface area contributed by atoms with E-state index in [0.717, 1.165) is 42.2 Å². The summed E-state index contributed by atoms with van der Waals surface area (Å²) in [7, 11) is 0. The molecule has 1 saturated heterocycles. The molecule has 2 rings (SSSR count). The Morgan fingerprint density at radius 2 is 2.00 bits per heavy atom. The second kappa shape index (κ2) is 4.55. The van der Waals surface area contributed by atoms with Crippen LogP contribution in [-0.4, -0.2) is 23.9 Å². The molecule has 0 bridgehead atoms. The molecule has 3 nitrogen and oxygen atoms in total. The van der Waals surface area contributed by atoms with Gasteiger partial charge in [-0.3, -0.25) is 4.79 Å².